The van der Waals surface area contributed by atoms with Crippen LogP contribution in [0.15, 0.2) is 66.7 Å². The fraction of sp³-hybridized carbons (Fsp3) is 0.214. The third kappa shape index (κ3) is 6.39. The van der Waals surface area contributed by atoms with Crippen molar-refractivity contribution in [2.75, 3.05) is 11.9 Å². The minimum atomic E-state index is -1.26. The maximum Gasteiger partial charge on any atom is 0.336 e. The van der Waals surface area contributed by atoms with Crippen molar-refractivity contribution in [3.8, 4) is 11.1 Å². The summed E-state index contributed by atoms with van der Waals surface area (Å²) < 4.78 is 0. The lowest BCUT2D eigenvalue weighted by molar-refractivity contribution is 0.0697. The van der Waals surface area contributed by atoms with E-state index >= 15 is 0 Å². The van der Waals surface area contributed by atoms with Gasteiger partial charge in [0.05, 0.1) is 18.2 Å². The van der Waals surface area contributed by atoms with Crippen LogP contribution in [0.5, 0.6) is 0 Å². The molecule has 0 radical (unpaired) electrons. The topological polar surface area (TPSA) is 166 Å². The molecule has 0 aliphatic carbocycles. The maximum atomic E-state index is 13.1. The highest BCUT2D eigenvalue weighted by molar-refractivity contribution is 6.11. The Morgan fingerprint density at radius 2 is 1.49 bits per heavy atom. The van der Waals surface area contributed by atoms with Crippen molar-refractivity contribution in [3.63, 3.8) is 0 Å². The number of rotatable bonds is 8. The van der Waals surface area contributed by atoms with Crippen molar-refractivity contribution in [3.05, 3.63) is 89.0 Å². The molecule has 0 aromatic heterocycles. The van der Waals surface area contributed by atoms with Gasteiger partial charge in [-0.2, -0.15) is 0 Å². The number of aliphatic hydroxyl groups is 1. The summed E-state index contributed by atoms with van der Waals surface area (Å²) in [7, 11) is 0. The molecule has 9 nitrogen and oxygen atoms in total. The lowest BCUT2D eigenvalue weighted by Gasteiger charge is -2.29. The molecular formula is C28H30N4O5. The Morgan fingerprint density at radius 1 is 0.892 bits per heavy atom. The van der Waals surface area contributed by atoms with Crippen molar-refractivity contribution in [2.45, 2.75) is 26.8 Å². The summed E-state index contributed by atoms with van der Waals surface area (Å²) in [6, 6.07) is 16.7. The van der Waals surface area contributed by atoms with E-state index in [-0.39, 0.29) is 34.7 Å². The number of amides is 2. The lowest BCUT2D eigenvalue weighted by Crippen LogP contribution is -2.46. The first-order valence-corrected chi connectivity index (χ1v) is 11.6. The fourth-order valence-corrected chi connectivity index (χ4v) is 3.72. The summed E-state index contributed by atoms with van der Waals surface area (Å²) >= 11 is 0. The molecule has 37 heavy (non-hydrogen) atoms. The van der Waals surface area contributed by atoms with Gasteiger partial charge >= 0.3 is 5.97 Å². The van der Waals surface area contributed by atoms with E-state index in [0.717, 1.165) is 0 Å². The van der Waals surface area contributed by atoms with Crippen LogP contribution in [-0.4, -0.2) is 46.5 Å². The number of carbonyl (C=O) groups excluding carboxylic acids is 2. The SMILES string of the molecule is CC(C)(C)C(CO)NC(=O)c1ccc(-c2ccccc2C(=O)Nc2ccc(C(=N)N)cc2)c(C(=O)O)c1. The summed E-state index contributed by atoms with van der Waals surface area (Å²) in [6.07, 6.45) is 0. The number of anilines is 1. The summed E-state index contributed by atoms with van der Waals surface area (Å²) in [6.45, 7) is 5.36. The molecule has 1 unspecified atom stereocenters. The first-order valence-electron chi connectivity index (χ1n) is 11.6. The summed E-state index contributed by atoms with van der Waals surface area (Å²) in [5.41, 5.74) is 6.94. The van der Waals surface area contributed by atoms with Gasteiger partial charge in [0.1, 0.15) is 5.84 Å². The van der Waals surface area contributed by atoms with E-state index < -0.39 is 29.2 Å². The molecule has 9 heteroatoms. The van der Waals surface area contributed by atoms with Gasteiger partial charge in [-0.1, -0.05) is 45.0 Å². The molecular weight excluding hydrogens is 472 g/mol. The molecule has 0 aliphatic rings. The lowest BCUT2D eigenvalue weighted by atomic mass is 9.87. The Kier molecular flexibility index (Phi) is 8.09. The number of benzene rings is 3. The van der Waals surface area contributed by atoms with Gasteiger partial charge in [0.25, 0.3) is 11.8 Å². The predicted molar refractivity (Wildman–Crippen MR) is 142 cm³/mol. The van der Waals surface area contributed by atoms with E-state index in [9.17, 15) is 24.6 Å². The highest BCUT2D eigenvalue weighted by Crippen LogP contribution is 2.29. The van der Waals surface area contributed by atoms with E-state index in [0.29, 0.717) is 16.8 Å². The van der Waals surface area contributed by atoms with Gasteiger partial charge in [-0.3, -0.25) is 15.0 Å². The van der Waals surface area contributed by atoms with Crippen molar-refractivity contribution in [1.82, 2.24) is 5.32 Å². The smallest absolute Gasteiger partial charge is 0.336 e. The fourth-order valence-electron chi connectivity index (χ4n) is 3.72. The van der Waals surface area contributed by atoms with Crippen molar-refractivity contribution in [2.24, 2.45) is 11.1 Å². The molecule has 0 fully saturated rings. The number of carboxylic acids is 1. The zero-order valence-electron chi connectivity index (χ0n) is 20.8. The highest BCUT2D eigenvalue weighted by atomic mass is 16.4. The third-order valence-electron chi connectivity index (χ3n) is 5.96. The molecule has 192 valence electrons. The van der Waals surface area contributed by atoms with Crippen molar-refractivity contribution in [1.29, 1.82) is 5.41 Å². The van der Waals surface area contributed by atoms with Gasteiger partial charge in [-0.25, -0.2) is 4.79 Å². The van der Waals surface area contributed by atoms with Crippen molar-refractivity contribution >= 4 is 29.3 Å². The minimum absolute atomic E-state index is 0.0909. The normalized spacial score (nSPS) is 11.9. The molecule has 2 amide bonds. The molecule has 3 rings (SSSR count). The monoisotopic (exact) mass is 502 g/mol. The molecule has 0 aliphatic heterocycles. The Labute approximate surface area is 214 Å². The van der Waals surface area contributed by atoms with Crippen LogP contribution in [0.2, 0.25) is 0 Å². The summed E-state index contributed by atoms with van der Waals surface area (Å²) in [4.78, 5) is 38.1. The molecule has 1 atom stereocenters. The number of nitrogen functional groups attached to an aromatic ring is 1. The number of amidine groups is 1. The first-order chi connectivity index (χ1) is 17.4. The van der Waals surface area contributed by atoms with E-state index in [1.54, 1.807) is 48.5 Å². The Hall–Kier alpha value is -4.50. The number of hydrogen-bond donors (Lipinski definition) is 6. The van der Waals surface area contributed by atoms with Gasteiger partial charge in [0.15, 0.2) is 0 Å². The minimum Gasteiger partial charge on any atom is -0.478 e. The van der Waals surface area contributed by atoms with Gasteiger partial charge < -0.3 is 26.6 Å². The van der Waals surface area contributed by atoms with E-state index in [4.69, 9.17) is 11.1 Å². The van der Waals surface area contributed by atoms with Gasteiger partial charge in [0, 0.05) is 22.4 Å². The van der Waals surface area contributed by atoms with E-state index in [1.807, 2.05) is 20.8 Å². The zero-order valence-corrected chi connectivity index (χ0v) is 20.8. The molecule has 3 aromatic carbocycles. The van der Waals surface area contributed by atoms with Gasteiger partial charge in [-0.15, -0.1) is 0 Å². The number of carboxylic acid groups (broad SMARTS) is 1. The number of nitrogens with one attached hydrogen (secondary N) is 3. The predicted octanol–water partition coefficient (Wildman–Crippen LogP) is 3.72. The quantitative estimate of drug-likeness (QED) is 0.203. The van der Waals surface area contributed by atoms with Crippen LogP contribution in [0.25, 0.3) is 11.1 Å². The van der Waals surface area contributed by atoms with Crippen molar-refractivity contribution < 1.29 is 24.6 Å². The highest BCUT2D eigenvalue weighted by Gasteiger charge is 2.27. The Morgan fingerprint density at radius 3 is 2.05 bits per heavy atom. The number of nitrogens with two attached hydrogens (primary N) is 1. The molecule has 0 bridgehead atoms. The average molecular weight is 503 g/mol. The molecule has 0 heterocycles. The van der Waals surface area contributed by atoms with E-state index in [2.05, 4.69) is 10.6 Å². The largest absolute Gasteiger partial charge is 0.478 e. The van der Waals surface area contributed by atoms with Gasteiger partial charge in [0.2, 0.25) is 0 Å². The first kappa shape index (κ1) is 27.1. The Balaban J connectivity index is 1.95. The Bertz CT molecular complexity index is 1340. The van der Waals surface area contributed by atoms with Crippen LogP contribution in [-0.2, 0) is 0 Å². The summed E-state index contributed by atoms with van der Waals surface area (Å²) in [5.74, 6) is -2.32. The zero-order chi connectivity index (χ0) is 27.3. The average Bonchev–Trinajstić information content (AvgIpc) is 2.86. The van der Waals surface area contributed by atoms with Crippen LogP contribution in [0, 0.1) is 10.8 Å². The molecule has 0 saturated heterocycles. The third-order valence-corrected chi connectivity index (χ3v) is 5.96. The second kappa shape index (κ2) is 11.0. The van der Waals surface area contributed by atoms with Crippen LogP contribution < -0.4 is 16.4 Å². The van der Waals surface area contributed by atoms with Gasteiger partial charge in [-0.05, 0) is 59.0 Å². The molecule has 0 spiro atoms. The number of aliphatic hydroxyl groups excluding tert-OH is 1. The van der Waals surface area contributed by atoms with Crippen LogP contribution in [0.1, 0.15) is 57.4 Å². The van der Waals surface area contributed by atoms with Crippen LogP contribution >= 0.6 is 0 Å². The second-order valence-electron chi connectivity index (χ2n) is 9.63. The second-order valence-corrected chi connectivity index (χ2v) is 9.63. The summed E-state index contributed by atoms with van der Waals surface area (Å²) in [5, 5.41) is 32.6. The van der Waals surface area contributed by atoms with Crippen LogP contribution in [0.3, 0.4) is 0 Å². The molecule has 3 aromatic rings. The van der Waals surface area contributed by atoms with Crippen LogP contribution in [0.4, 0.5) is 5.69 Å². The number of carbonyl (C=O) groups is 3. The number of aromatic carboxylic acids is 1. The number of hydrogen-bond acceptors (Lipinski definition) is 5. The molecule has 0 saturated carbocycles. The maximum absolute atomic E-state index is 13.1. The standard InChI is InChI=1S/C28H30N4O5/c1-28(2,3)23(15-33)32-25(34)17-10-13-20(22(14-17)27(36)37)19-6-4-5-7-21(19)26(35)31-18-11-8-16(9-12-18)24(29)30/h4-14,23,33H,15H2,1-3H3,(H3,29,30)(H,31,35)(H,32,34)(H,36,37). The van der Waals surface area contributed by atoms with E-state index in [1.165, 1.54) is 18.2 Å². The molecule has 7 N–H and O–H groups in total.